The van der Waals surface area contributed by atoms with Gasteiger partial charge in [0, 0.05) is 12.5 Å². The van der Waals surface area contributed by atoms with Crippen molar-refractivity contribution >= 4 is 0 Å². The molecule has 0 amide bonds. The standard InChI is InChI=1S/C17H23NO/c1-12-9-13(2)17(14(3)10-12)11-15(18)6-7-16-5-4-8-19-16/h4-5,8-10,15H,6-7,11,18H2,1-3H3. The maximum absolute atomic E-state index is 6.26. The first-order valence-corrected chi connectivity index (χ1v) is 6.91. The Morgan fingerprint density at radius 2 is 1.84 bits per heavy atom. The van der Waals surface area contributed by atoms with Gasteiger partial charge in [-0.15, -0.1) is 0 Å². The van der Waals surface area contributed by atoms with Crippen LogP contribution in [0.3, 0.4) is 0 Å². The molecule has 0 aliphatic carbocycles. The summed E-state index contributed by atoms with van der Waals surface area (Å²) in [6.45, 7) is 6.49. The first-order chi connectivity index (χ1) is 9.06. The minimum absolute atomic E-state index is 0.185. The second-order valence-corrected chi connectivity index (χ2v) is 5.46. The molecule has 1 aromatic carbocycles. The molecule has 1 unspecified atom stereocenters. The third kappa shape index (κ3) is 3.71. The Labute approximate surface area is 115 Å². The van der Waals surface area contributed by atoms with Crippen LogP contribution < -0.4 is 5.73 Å². The van der Waals surface area contributed by atoms with Gasteiger partial charge in [-0.25, -0.2) is 0 Å². The number of hydrogen-bond donors (Lipinski definition) is 1. The molecule has 0 saturated heterocycles. The molecule has 0 spiro atoms. The fourth-order valence-electron chi connectivity index (χ4n) is 2.68. The molecule has 19 heavy (non-hydrogen) atoms. The van der Waals surface area contributed by atoms with Crippen molar-refractivity contribution in [2.45, 2.75) is 46.1 Å². The van der Waals surface area contributed by atoms with E-state index in [0.717, 1.165) is 25.0 Å². The van der Waals surface area contributed by atoms with E-state index in [0.29, 0.717) is 0 Å². The van der Waals surface area contributed by atoms with Crippen LogP contribution in [0.2, 0.25) is 0 Å². The highest BCUT2D eigenvalue weighted by molar-refractivity contribution is 5.38. The molecular weight excluding hydrogens is 234 g/mol. The van der Waals surface area contributed by atoms with E-state index >= 15 is 0 Å². The SMILES string of the molecule is Cc1cc(C)c(CC(N)CCc2ccco2)c(C)c1. The summed E-state index contributed by atoms with van der Waals surface area (Å²) in [6.07, 6.45) is 4.53. The summed E-state index contributed by atoms with van der Waals surface area (Å²) < 4.78 is 5.34. The summed E-state index contributed by atoms with van der Waals surface area (Å²) in [7, 11) is 0. The molecule has 0 saturated carbocycles. The van der Waals surface area contributed by atoms with Crippen LogP contribution in [0.5, 0.6) is 0 Å². The quantitative estimate of drug-likeness (QED) is 0.887. The molecule has 1 heterocycles. The minimum atomic E-state index is 0.185. The third-order valence-corrected chi connectivity index (χ3v) is 3.65. The maximum Gasteiger partial charge on any atom is 0.103 e. The third-order valence-electron chi connectivity index (χ3n) is 3.65. The van der Waals surface area contributed by atoms with Gasteiger partial charge in [0.25, 0.3) is 0 Å². The smallest absolute Gasteiger partial charge is 0.103 e. The number of furan rings is 1. The number of nitrogens with two attached hydrogens (primary N) is 1. The molecule has 0 aliphatic heterocycles. The molecule has 2 rings (SSSR count). The van der Waals surface area contributed by atoms with Crippen molar-refractivity contribution in [3.8, 4) is 0 Å². The van der Waals surface area contributed by atoms with E-state index in [-0.39, 0.29) is 6.04 Å². The fraction of sp³-hybridized carbons (Fsp3) is 0.412. The number of aryl methyl sites for hydroxylation is 4. The van der Waals surface area contributed by atoms with Crippen molar-refractivity contribution in [2.24, 2.45) is 5.73 Å². The first kappa shape index (κ1) is 13.9. The molecule has 2 aromatic rings. The summed E-state index contributed by atoms with van der Waals surface area (Å²) in [5.74, 6) is 1.02. The zero-order chi connectivity index (χ0) is 13.8. The lowest BCUT2D eigenvalue weighted by molar-refractivity contribution is 0.483. The van der Waals surface area contributed by atoms with Gasteiger partial charge < -0.3 is 10.2 Å². The Balaban J connectivity index is 1.97. The van der Waals surface area contributed by atoms with Gasteiger partial charge in [0.1, 0.15) is 5.76 Å². The van der Waals surface area contributed by atoms with Crippen LogP contribution in [0, 0.1) is 20.8 Å². The van der Waals surface area contributed by atoms with Crippen LogP contribution in [0.1, 0.15) is 34.4 Å². The predicted octanol–water partition coefficient (Wildman–Crippen LogP) is 3.71. The summed E-state index contributed by atoms with van der Waals surface area (Å²) in [4.78, 5) is 0. The topological polar surface area (TPSA) is 39.2 Å². The highest BCUT2D eigenvalue weighted by atomic mass is 16.3. The lowest BCUT2D eigenvalue weighted by Crippen LogP contribution is -2.24. The first-order valence-electron chi connectivity index (χ1n) is 6.91. The zero-order valence-corrected chi connectivity index (χ0v) is 12.1. The Hall–Kier alpha value is -1.54. The predicted molar refractivity (Wildman–Crippen MR) is 79.4 cm³/mol. The van der Waals surface area contributed by atoms with E-state index in [1.807, 2.05) is 12.1 Å². The second-order valence-electron chi connectivity index (χ2n) is 5.46. The van der Waals surface area contributed by atoms with Crippen LogP contribution in [0.4, 0.5) is 0 Å². The van der Waals surface area contributed by atoms with Crippen LogP contribution in [-0.4, -0.2) is 6.04 Å². The Bertz CT molecular complexity index is 505. The minimum Gasteiger partial charge on any atom is -0.469 e. The average Bonchev–Trinajstić information content (AvgIpc) is 2.84. The summed E-state index contributed by atoms with van der Waals surface area (Å²) >= 11 is 0. The Morgan fingerprint density at radius 3 is 2.42 bits per heavy atom. The monoisotopic (exact) mass is 257 g/mol. The van der Waals surface area contributed by atoms with Crippen LogP contribution >= 0.6 is 0 Å². The molecule has 102 valence electrons. The lowest BCUT2D eigenvalue weighted by Gasteiger charge is -2.16. The number of hydrogen-bond acceptors (Lipinski definition) is 2. The molecule has 0 fully saturated rings. The van der Waals surface area contributed by atoms with Gasteiger partial charge in [-0.05, 0) is 62.4 Å². The van der Waals surface area contributed by atoms with Gasteiger partial charge in [0.15, 0.2) is 0 Å². The van der Waals surface area contributed by atoms with Crippen LogP contribution in [-0.2, 0) is 12.8 Å². The van der Waals surface area contributed by atoms with Gasteiger partial charge in [0.05, 0.1) is 6.26 Å². The Morgan fingerprint density at radius 1 is 1.16 bits per heavy atom. The molecule has 0 aliphatic rings. The normalized spacial score (nSPS) is 12.6. The summed E-state index contributed by atoms with van der Waals surface area (Å²) in [5, 5.41) is 0. The highest BCUT2D eigenvalue weighted by Gasteiger charge is 2.10. The van der Waals surface area contributed by atoms with Gasteiger partial charge in [-0.2, -0.15) is 0 Å². The van der Waals surface area contributed by atoms with Crippen molar-refractivity contribution in [3.05, 3.63) is 58.5 Å². The second kappa shape index (κ2) is 6.07. The molecule has 2 N–H and O–H groups in total. The molecule has 2 nitrogen and oxygen atoms in total. The number of rotatable bonds is 5. The van der Waals surface area contributed by atoms with Gasteiger partial charge in [0.2, 0.25) is 0 Å². The molecule has 0 bridgehead atoms. The van der Waals surface area contributed by atoms with E-state index in [9.17, 15) is 0 Å². The van der Waals surface area contributed by atoms with E-state index < -0.39 is 0 Å². The van der Waals surface area contributed by atoms with E-state index in [1.165, 1.54) is 22.3 Å². The van der Waals surface area contributed by atoms with Crippen molar-refractivity contribution < 1.29 is 4.42 Å². The molecule has 1 aromatic heterocycles. The van der Waals surface area contributed by atoms with E-state index in [4.69, 9.17) is 10.2 Å². The zero-order valence-electron chi connectivity index (χ0n) is 12.1. The van der Waals surface area contributed by atoms with Crippen molar-refractivity contribution in [1.29, 1.82) is 0 Å². The number of benzene rings is 1. The van der Waals surface area contributed by atoms with E-state index in [1.54, 1.807) is 6.26 Å². The van der Waals surface area contributed by atoms with Gasteiger partial charge in [-0.1, -0.05) is 17.7 Å². The summed E-state index contributed by atoms with van der Waals surface area (Å²) in [5.41, 5.74) is 11.7. The van der Waals surface area contributed by atoms with Gasteiger partial charge >= 0.3 is 0 Å². The van der Waals surface area contributed by atoms with Crippen molar-refractivity contribution in [2.75, 3.05) is 0 Å². The van der Waals surface area contributed by atoms with Crippen LogP contribution in [0.25, 0.3) is 0 Å². The molecule has 0 radical (unpaired) electrons. The van der Waals surface area contributed by atoms with E-state index in [2.05, 4.69) is 32.9 Å². The average molecular weight is 257 g/mol. The van der Waals surface area contributed by atoms with Crippen LogP contribution in [0.15, 0.2) is 34.9 Å². The van der Waals surface area contributed by atoms with Gasteiger partial charge in [-0.3, -0.25) is 0 Å². The Kier molecular flexibility index (Phi) is 4.43. The molecule has 2 heteroatoms. The van der Waals surface area contributed by atoms with Crippen molar-refractivity contribution in [1.82, 2.24) is 0 Å². The fourth-order valence-corrected chi connectivity index (χ4v) is 2.68. The molecule has 1 atom stereocenters. The lowest BCUT2D eigenvalue weighted by atomic mass is 9.93. The maximum atomic E-state index is 6.26. The molecular formula is C17H23NO. The van der Waals surface area contributed by atoms with Crippen molar-refractivity contribution in [3.63, 3.8) is 0 Å². The highest BCUT2D eigenvalue weighted by Crippen LogP contribution is 2.19. The summed E-state index contributed by atoms with van der Waals surface area (Å²) in [6, 6.07) is 8.60. The largest absolute Gasteiger partial charge is 0.469 e.